The van der Waals surface area contributed by atoms with Gasteiger partial charge < -0.3 is 31.5 Å². The van der Waals surface area contributed by atoms with Gasteiger partial charge in [0.25, 0.3) is 5.91 Å². The van der Waals surface area contributed by atoms with Crippen LogP contribution in [0.1, 0.15) is 61.0 Å². The fraction of sp³-hybridized carbons (Fsp3) is 0.368. The topological polar surface area (TPSA) is 203 Å². The summed E-state index contributed by atoms with van der Waals surface area (Å²) >= 11 is 0. The zero-order valence-corrected chi connectivity index (χ0v) is 29.9. The monoisotopic (exact) mass is 752 g/mol. The third kappa shape index (κ3) is 11.8. The molecule has 288 valence electrons. The first kappa shape index (κ1) is 40.8. The van der Waals surface area contributed by atoms with E-state index in [1.807, 2.05) is 69.3 Å². The molecule has 54 heavy (non-hydrogen) atoms. The van der Waals surface area contributed by atoms with Crippen LogP contribution >= 0.6 is 0 Å². The number of hydrogen-bond donors (Lipinski definition) is 7. The Hall–Kier alpha value is -5.93. The molecule has 0 radical (unpaired) electrons. The van der Waals surface area contributed by atoms with Crippen molar-refractivity contribution in [1.82, 2.24) is 26.1 Å². The fourth-order valence-electron chi connectivity index (χ4n) is 6.13. The van der Waals surface area contributed by atoms with Crippen LogP contribution in [0.15, 0.2) is 66.9 Å². The molecule has 7 N–H and O–H groups in total. The average molecular weight is 753 g/mol. The van der Waals surface area contributed by atoms with Gasteiger partial charge in [-0.3, -0.25) is 19.5 Å². The number of carbonyl (C=O) groups excluding carboxylic acids is 3. The minimum Gasteiger partial charge on any atom is -0.475 e. The molecule has 1 aliphatic carbocycles. The van der Waals surface area contributed by atoms with E-state index in [1.54, 1.807) is 18.3 Å². The molecule has 1 atom stereocenters. The number of alkyl halides is 3. The van der Waals surface area contributed by atoms with Gasteiger partial charge in [-0.1, -0.05) is 30.3 Å². The Balaban J connectivity index is 0.000000845. The maximum atomic E-state index is 13.6. The zero-order valence-electron chi connectivity index (χ0n) is 29.9. The predicted molar refractivity (Wildman–Crippen MR) is 195 cm³/mol. The fourth-order valence-corrected chi connectivity index (χ4v) is 6.13. The number of aryl methyl sites for hydroxylation is 1. The van der Waals surface area contributed by atoms with E-state index >= 15 is 0 Å². The van der Waals surface area contributed by atoms with Gasteiger partial charge in [-0.05, 0) is 105 Å². The Kier molecular flexibility index (Phi) is 13.8. The number of rotatable bonds is 11. The van der Waals surface area contributed by atoms with E-state index in [2.05, 4.69) is 31.5 Å². The number of nitrogens with zero attached hydrogens (tertiary/aromatic N) is 1. The quantitative estimate of drug-likeness (QED) is 0.0959. The molecule has 0 spiro atoms. The molecule has 3 aromatic carbocycles. The van der Waals surface area contributed by atoms with Crippen LogP contribution in [0.5, 0.6) is 0 Å². The van der Waals surface area contributed by atoms with Crippen molar-refractivity contribution >= 4 is 46.4 Å². The van der Waals surface area contributed by atoms with Crippen LogP contribution < -0.4 is 21.3 Å². The minimum atomic E-state index is -5.08. The number of nitrogens with one attached hydrogen (secondary N) is 5. The highest BCUT2D eigenvalue weighted by Crippen LogP contribution is 2.29. The molecule has 0 bridgehead atoms. The molecule has 1 heterocycles. The molecule has 5 rings (SSSR count). The Morgan fingerprint density at radius 1 is 0.907 bits per heavy atom. The summed E-state index contributed by atoms with van der Waals surface area (Å²) in [4.78, 5) is 59.3. The number of amides is 4. The van der Waals surface area contributed by atoms with Crippen molar-refractivity contribution in [2.24, 2.45) is 11.8 Å². The summed E-state index contributed by atoms with van der Waals surface area (Å²) in [5, 5.41) is 35.2. The van der Waals surface area contributed by atoms with E-state index in [9.17, 15) is 32.3 Å². The normalized spacial score (nSPS) is 16.1. The Morgan fingerprint density at radius 2 is 1.57 bits per heavy atom. The molecule has 0 unspecified atom stereocenters. The van der Waals surface area contributed by atoms with Crippen LogP contribution in [0.25, 0.3) is 22.0 Å². The Bertz CT molecular complexity index is 1950. The van der Waals surface area contributed by atoms with Crippen LogP contribution in [0.2, 0.25) is 0 Å². The van der Waals surface area contributed by atoms with Gasteiger partial charge in [0.1, 0.15) is 6.04 Å². The summed E-state index contributed by atoms with van der Waals surface area (Å²) in [6.45, 7) is 6.20. The lowest BCUT2D eigenvalue weighted by Gasteiger charge is -2.29. The van der Waals surface area contributed by atoms with E-state index in [0.29, 0.717) is 30.6 Å². The van der Waals surface area contributed by atoms with Crippen LogP contribution in [-0.4, -0.2) is 75.0 Å². The molecule has 1 fully saturated rings. The Morgan fingerprint density at radius 3 is 2.17 bits per heavy atom. The molecule has 1 aromatic heterocycles. The first-order chi connectivity index (χ1) is 25.5. The van der Waals surface area contributed by atoms with E-state index < -0.39 is 24.3 Å². The lowest BCUT2D eigenvalue weighted by Crippen LogP contribution is -2.48. The number of anilines is 1. The number of carbonyl (C=O) groups is 5. The van der Waals surface area contributed by atoms with Crippen molar-refractivity contribution in [2.75, 3.05) is 11.9 Å². The Labute approximate surface area is 309 Å². The SMILES string of the molecule is Cc1cc(C(=O)NC(C)C)ccc1-c1ccc(C[C@H](NC(=O)C2CCC(CNC(=O)O)CC2)C(=O)Nc2ccc3cn[nH]c3c2)cc1.O=C(O)C(F)(F)F. The third-order valence-electron chi connectivity index (χ3n) is 8.96. The minimum absolute atomic E-state index is 0.0498. The van der Waals surface area contributed by atoms with Crippen molar-refractivity contribution in [1.29, 1.82) is 0 Å². The zero-order chi connectivity index (χ0) is 39.6. The smallest absolute Gasteiger partial charge is 0.475 e. The number of carboxylic acids is 1. The summed E-state index contributed by atoms with van der Waals surface area (Å²) in [6, 6.07) is 18.2. The maximum Gasteiger partial charge on any atom is 0.490 e. The number of aromatic amines is 1. The number of fused-ring (bicyclic) bond motifs is 1. The van der Waals surface area contributed by atoms with Crippen LogP contribution in [-0.2, 0) is 20.8 Å². The lowest BCUT2D eigenvalue weighted by atomic mass is 9.81. The summed E-state index contributed by atoms with van der Waals surface area (Å²) in [5.41, 5.74) is 5.83. The molecular formula is C38H43F3N6O7. The van der Waals surface area contributed by atoms with E-state index in [0.717, 1.165) is 46.0 Å². The standard InChI is InChI=1S/C36H42N6O5.C2HF3O2/c1-21(2)39-34(44)27-13-15-30(22(3)16-27)25-8-4-23(5-9-25)17-32(35(45)40-29-14-12-28-20-38-42-31(28)18-29)41-33(43)26-10-6-24(7-11-26)19-37-36(46)47;3-2(4,5)1(6)7/h4-5,8-9,12-16,18,20-21,24,26,32,37H,6-7,10-11,17,19H2,1-3H3,(H,38,42)(H,39,44)(H,40,45)(H,41,43)(H,46,47);(H,6,7)/t24?,26?,32-;/m0./s1. The highest BCUT2D eigenvalue weighted by Gasteiger charge is 2.38. The highest BCUT2D eigenvalue weighted by molar-refractivity contribution is 5.99. The highest BCUT2D eigenvalue weighted by atomic mass is 19.4. The summed E-state index contributed by atoms with van der Waals surface area (Å²) in [5.74, 6) is -3.41. The van der Waals surface area contributed by atoms with E-state index in [1.165, 1.54) is 0 Å². The molecule has 0 aliphatic heterocycles. The molecule has 0 saturated heterocycles. The van der Waals surface area contributed by atoms with Gasteiger partial charge in [0.2, 0.25) is 11.8 Å². The second-order valence-electron chi connectivity index (χ2n) is 13.5. The summed E-state index contributed by atoms with van der Waals surface area (Å²) in [6.07, 6.45) is -1.39. The predicted octanol–water partition coefficient (Wildman–Crippen LogP) is 6.05. The van der Waals surface area contributed by atoms with Crippen molar-refractivity contribution in [3.8, 4) is 11.1 Å². The number of carboxylic acid groups (broad SMARTS) is 2. The lowest BCUT2D eigenvalue weighted by molar-refractivity contribution is -0.192. The number of hydrogen-bond acceptors (Lipinski definition) is 6. The van der Waals surface area contributed by atoms with Gasteiger partial charge in [0, 0.05) is 41.6 Å². The molecule has 4 amide bonds. The molecule has 4 aromatic rings. The molecule has 1 saturated carbocycles. The van der Waals surface area contributed by atoms with Gasteiger partial charge >= 0.3 is 18.2 Å². The second-order valence-corrected chi connectivity index (χ2v) is 13.5. The summed E-state index contributed by atoms with van der Waals surface area (Å²) < 4.78 is 31.7. The van der Waals surface area contributed by atoms with Crippen LogP contribution in [0.3, 0.4) is 0 Å². The number of H-pyrrole nitrogens is 1. The van der Waals surface area contributed by atoms with Crippen molar-refractivity contribution in [3.63, 3.8) is 0 Å². The third-order valence-corrected chi connectivity index (χ3v) is 8.96. The number of aromatic nitrogens is 2. The van der Waals surface area contributed by atoms with Crippen LogP contribution in [0.4, 0.5) is 23.7 Å². The summed E-state index contributed by atoms with van der Waals surface area (Å²) in [7, 11) is 0. The van der Waals surface area contributed by atoms with Crippen molar-refractivity contribution in [3.05, 3.63) is 83.6 Å². The van der Waals surface area contributed by atoms with Gasteiger partial charge in [0.15, 0.2) is 0 Å². The first-order valence-corrected chi connectivity index (χ1v) is 17.3. The average Bonchev–Trinajstić information content (AvgIpc) is 3.58. The first-order valence-electron chi connectivity index (χ1n) is 17.3. The number of aliphatic carboxylic acids is 1. The van der Waals surface area contributed by atoms with E-state index in [4.69, 9.17) is 15.0 Å². The second kappa shape index (κ2) is 18.2. The van der Waals surface area contributed by atoms with Gasteiger partial charge in [0.05, 0.1) is 11.7 Å². The maximum absolute atomic E-state index is 13.6. The van der Waals surface area contributed by atoms with Gasteiger partial charge in [-0.2, -0.15) is 18.3 Å². The number of benzene rings is 3. The van der Waals surface area contributed by atoms with Crippen molar-refractivity contribution in [2.45, 2.75) is 71.1 Å². The molecule has 16 heteroatoms. The number of halogens is 3. The van der Waals surface area contributed by atoms with Crippen LogP contribution in [0, 0.1) is 18.8 Å². The molecular weight excluding hydrogens is 709 g/mol. The van der Waals surface area contributed by atoms with Crippen molar-refractivity contribution < 1.29 is 47.4 Å². The van der Waals surface area contributed by atoms with Gasteiger partial charge in [-0.15, -0.1) is 0 Å². The molecule has 13 nitrogen and oxygen atoms in total. The van der Waals surface area contributed by atoms with E-state index in [-0.39, 0.29) is 42.0 Å². The van der Waals surface area contributed by atoms with Gasteiger partial charge in [-0.25, -0.2) is 9.59 Å². The largest absolute Gasteiger partial charge is 0.490 e. The molecule has 1 aliphatic rings.